The summed E-state index contributed by atoms with van der Waals surface area (Å²) in [4.78, 5) is 11.0. The van der Waals surface area contributed by atoms with Crippen LogP contribution in [0.2, 0.25) is 0 Å². The lowest BCUT2D eigenvalue weighted by Crippen LogP contribution is -2.24. The first-order chi connectivity index (χ1) is 9.94. The Morgan fingerprint density at radius 2 is 2.10 bits per heavy atom. The van der Waals surface area contributed by atoms with Gasteiger partial charge in [0.25, 0.3) is 0 Å². The van der Waals surface area contributed by atoms with Crippen LogP contribution >= 0.6 is 0 Å². The molecule has 1 aromatic heterocycles. The number of carbonyl (C=O) groups is 1. The van der Waals surface area contributed by atoms with Gasteiger partial charge >= 0.3 is 0 Å². The van der Waals surface area contributed by atoms with Gasteiger partial charge in [-0.1, -0.05) is 6.92 Å². The molecule has 1 heterocycles. The van der Waals surface area contributed by atoms with E-state index >= 15 is 0 Å². The number of hydrogen-bond acceptors (Lipinski definition) is 4. The number of sulfonamides is 1. The molecule has 7 heteroatoms. The van der Waals surface area contributed by atoms with E-state index in [-0.39, 0.29) is 24.3 Å². The minimum atomic E-state index is -4.07. The molecule has 5 nitrogen and oxygen atoms in total. The predicted octanol–water partition coefficient (Wildman–Crippen LogP) is 2.49. The monoisotopic (exact) mass is 311 g/mol. The summed E-state index contributed by atoms with van der Waals surface area (Å²) in [5.41, 5.74) is 0.164. The molecule has 0 saturated heterocycles. The third-order valence-electron chi connectivity index (χ3n) is 2.88. The average molecular weight is 311 g/mol. The fraction of sp³-hybridized carbons (Fsp3) is 0.214. The van der Waals surface area contributed by atoms with E-state index in [2.05, 4.69) is 4.72 Å². The van der Waals surface area contributed by atoms with Crippen LogP contribution in [0.5, 0.6) is 0 Å². The zero-order valence-corrected chi connectivity index (χ0v) is 12.1. The largest absolute Gasteiger partial charge is 0.468 e. The average Bonchev–Trinajstić information content (AvgIpc) is 2.98. The van der Waals surface area contributed by atoms with E-state index in [1.165, 1.54) is 12.3 Å². The van der Waals surface area contributed by atoms with Gasteiger partial charge in [-0.2, -0.15) is 0 Å². The Morgan fingerprint density at radius 3 is 2.71 bits per heavy atom. The van der Waals surface area contributed by atoms with Gasteiger partial charge in [0.15, 0.2) is 5.78 Å². The molecule has 1 aromatic carbocycles. The minimum absolute atomic E-state index is 0.0965. The highest BCUT2D eigenvalue weighted by Gasteiger charge is 2.21. The molecule has 0 spiro atoms. The molecule has 2 aromatic rings. The molecule has 0 atom stereocenters. The van der Waals surface area contributed by atoms with Crippen molar-refractivity contribution in [3.63, 3.8) is 0 Å². The lowest BCUT2D eigenvalue weighted by atomic mass is 10.1. The molecule has 2 rings (SSSR count). The fourth-order valence-electron chi connectivity index (χ4n) is 1.74. The third-order valence-corrected chi connectivity index (χ3v) is 4.30. The summed E-state index contributed by atoms with van der Waals surface area (Å²) in [6, 6.07) is 6.50. The number of carbonyl (C=O) groups excluding carboxylic acids is 1. The lowest BCUT2D eigenvalue weighted by Gasteiger charge is -2.08. The Kier molecular flexibility index (Phi) is 4.54. The number of Topliss-reactive ketones (excluding diaryl/α,β-unsaturated/α-hetero) is 1. The van der Waals surface area contributed by atoms with Gasteiger partial charge in [-0.25, -0.2) is 17.5 Å². The molecule has 0 amide bonds. The van der Waals surface area contributed by atoms with E-state index < -0.39 is 20.7 Å². The zero-order valence-electron chi connectivity index (χ0n) is 11.3. The molecule has 112 valence electrons. The van der Waals surface area contributed by atoms with Gasteiger partial charge in [0.1, 0.15) is 16.5 Å². The molecule has 0 unspecified atom stereocenters. The van der Waals surface area contributed by atoms with Crippen LogP contribution < -0.4 is 4.72 Å². The van der Waals surface area contributed by atoms with Crippen molar-refractivity contribution in [2.75, 3.05) is 0 Å². The summed E-state index contributed by atoms with van der Waals surface area (Å²) in [5, 5.41) is 0. The molecule has 0 aliphatic rings. The quantitative estimate of drug-likeness (QED) is 0.832. The first-order valence-corrected chi connectivity index (χ1v) is 7.77. The van der Waals surface area contributed by atoms with E-state index in [4.69, 9.17) is 4.42 Å². The van der Waals surface area contributed by atoms with Crippen LogP contribution in [0, 0.1) is 5.82 Å². The number of furan rings is 1. The van der Waals surface area contributed by atoms with Crippen LogP contribution in [0.25, 0.3) is 0 Å². The number of halogens is 1. The summed E-state index contributed by atoms with van der Waals surface area (Å²) in [6.07, 6.45) is 1.62. The first-order valence-electron chi connectivity index (χ1n) is 6.29. The van der Waals surface area contributed by atoms with Gasteiger partial charge in [-0.05, 0) is 30.3 Å². The van der Waals surface area contributed by atoms with Crippen LogP contribution in [-0.2, 0) is 16.6 Å². The van der Waals surface area contributed by atoms with Crippen molar-refractivity contribution < 1.29 is 22.0 Å². The van der Waals surface area contributed by atoms with Crippen molar-refractivity contribution >= 4 is 15.8 Å². The zero-order chi connectivity index (χ0) is 15.5. The summed E-state index contributed by atoms with van der Waals surface area (Å²) in [5.74, 6) is -0.758. The molecule has 0 fully saturated rings. The van der Waals surface area contributed by atoms with E-state index in [1.807, 2.05) is 0 Å². The van der Waals surface area contributed by atoms with Crippen molar-refractivity contribution in [3.8, 4) is 0 Å². The number of hydrogen-bond donors (Lipinski definition) is 1. The maximum atomic E-state index is 13.7. The van der Waals surface area contributed by atoms with Gasteiger partial charge in [0.05, 0.1) is 12.8 Å². The van der Waals surface area contributed by atoms with Crippen LogP contribution in [0.4, 0.5) is 4.39 Å². The second-order valence-corrected chi connectivity index (χ2v) is 6.06. The highest BCUT2D eigenvalue weighted by molar-refractivity contribution is 7.89. The van der Waals surface area contributed by atoms with E-state index in [9.17, 15) is 17.6 Å². The predicted molar refractivity (Wildman–Crippen MR) is 73.8 cm³/mol. The van der Waals surface area contributed by atoms with Gasteiger partial charge in [0.2, 0.25) is 10.0 Å². The Labute approximate surface area is 121 Å². The standard InChI is InChI=1S/C14H14FNO4S/c1-2-13(17)10-5-6-12(15)14(8-10)21(18,19)16-9-11-4-3-7-20-11/h3-8,16H,2,9H2,1H3. The summed E-state index contributed by atoms with van der Waals surface area (Å²) >= 11 is 0. The van der Waals surface area contributed by atoms with Crippen LogP contribution in [-0.4, -0.2) is 14.2 Å². The molecule has 0 saturated carbocycles. The second-order valence-electron chi connectivity index (χ2n) is 4.33. The van der Waals surface area contributed by atoms with Crippen molar-refractivity contribution in [1.29, 1.82) is 0 Å². The Balaban J connectivity index is 2.28. The molecular formula is C14H14FNO4S. The minimum Gasteiger partial charge on any atom is -0.468 e. The Hall–Kier alpha value is -1.99. The molecule has 0 bridgehead atoms. The van der Waals surface area contributed by atoms with Crippen molar-refractivity contribution in [3.05, 3.63) is 53.7 Å². The van der Waals surface area contributed by atoms with Crippen LogP contribution in [0.1, 0.15) is 29.5 Å². The Morgan fingerprint density at radius 1 is 1.33 bits per heavy atom. The van der Waals surface area contributed by atoms with Gasteiger partial charge < -0.3 is 4.42 Å². The topological polar surface area (TPSA) is 76.4 Å². The molecule has 0 radical (unpaired) electrons. The number of ketones is 1. The smallest absolute Gasteiger partial charge is 0.243 e. The maximum absolute atomic E-state index is 13.7. The van der Waals surface area contributed by atoms with Crippen molar-refractivity contribution in [1.82, 2.24) is 4.72 Å². The second kappa shape index (κ2) is 6.19. The summed E-state index contributed by atoms with van der Waals surface area (Å²) in [7, 11) is -4.07. The van der Waals surface area contributed by atoms with Crippen LogP contribution in [0.3, 0.4) is 0 Å². The molecule has 0 aliphatic heterocycles. The number of rotatable bonds is 6. The highest BCUT2D eigenvalue weighted by Crippen LogP contribution is 2.18. The molecule has 21 heavy (non-hydrogen) atoms. The summed E-state index contributed by atoms with van der Waals surface area (Å²) < 4.78 is 45.2. The maximum Gasteiger partial charge on any atom is 0.243 e. The first kappa shape index (κ1) is 15.4. The summed E-state index contributed by atoms with van der Waals surface area (Å²) in [6.45, 7) is 1.55. The van der Waals surface area contributed by atoms with Crippen LogP contribution in [0.15, 0.2) is 45.9 Å². The number of nitrogens with one attached hydrogen (secondary N) is 1. The van der Waals surface area contributed by atoms with Crippen molar-refractivity contribution in [2.24, 2.45) is 0 Å². The fourth-order valence-corrected chi connectivity index (χ4v) is 2.84. The lowest BCUT2D eigenvalue weighted by molar-refractivity contribution is 0.0988. The molecular weight excluding hydrogens is 297 g/mol. The van der Waals surface area contributed by atoms with E-state index in [1.54, 1.807) is 19.1 Å². The highest BCUT2D eigenvalue weighted by atomic mass is 32.2. The van der Waals surface area contributed by atoms with E-state index in [0.717, 1.165) is 12.1 Å². The van der Waals surface area contributed by atoms with Gasteiger partial charge in [-0.15, -0.1) is 0 Å². The van der Waals surface area contributed by atoms with Crippen molar-refractivity contribution in [2.45, 2.75) is 24.8 Å². The number of benzene rings is 1. The SMILES string of the molecule is CCC(=O)c1ccc(F)c(S(=O)(=O)NCc2ccco2)c1. The molecule has 1 N–H and O–H groups in total. The third kappa shape index (κ3) is 3.56. The van der Waals surface area contributed by atoms with Gasteiger partial charge in [-0.3, -0.25) is 4.79 Å². The Bertz CT molecular complexity index is 738. The van der Waals surface area contributed by atoms with E-state index in [0.29, 0.717) is 5.76 Å². The molecule has 0 aliphatic carbocycles. The normalized spacial score (nSPS) is 11.5. The van der Waals surface area contributed by atoms with Gasteiger partial charge in [0, 0.05) is 12.0 Å².